The maximum Gasteiger partial charge on any atom is 0.0495 e. The molecule has 0 bridgehead atoms. The molecule has 0 radical (unpaired) electrons. The summed E-state index contributed by atoms with van der Waals surface area (Å²) >= 11 is 0. The number of hydrogen-bond acceptors (Lipinski definition) is 2. The van der Waals surface area contributed by atoms with Crippen LogP contribution in [0.15, 0.2) is 12.3 Å². The van der Waals surface area contributed by atoms with E-state index in [1.54, 1.807) is 0 Å². The van der Waals surface area contributed by atoms with Crippen LogP contribution in [-0.2, 0) is 17.7 Å². The van der Waals surface area contributed by atoms with Crippen LogP contribution < -0.4 is 5.73 Å². The van der Waals surface area contributed by atoms with Gasteiger partial charge in [0, 0.05) is 37.7 Å². The Morgan fingerprint density at radius 2 is 2.32 bits per heavy atom. The lowest BCUT2D eigenvalue weighted by atomic mass is 9.74. The summed E-state index contributed by atoms with van der Waals surface area (Å²) in [6.07, 6.45) is 6.96. The van der Waals surface area contributed by atoms with Crippen LogP contribution in [0.4, 0.5) is 0 Å². The van der Waals surface area contributed by atoms with Gasteiger partial charge in [-0.3, -0.25) is 0 Å². The molecule has 106 valence electrons. The van der Waals surface area contributed by atoms with Crippen molar-refractivity contribution in [1.82, 2.24) is 4.57 Å². The topological polar surface area (TPSA) is 40.2 Å². The zero-order chi connectivity index (χ0) is 13.5. The van der Waals surface area contributed by atoms with E-state index in [-0.39, 0.29) is 6.04 Å². The Hall–Kier alpha value is -0.800. The highest BCUT2D eigenvalue weighted by molar-refractivity contribution is 5.30. The molecule has 3 heteroatoms. The normalized spacial score (nSPS) is 29.4. The highest BCUT2D eigenvalue weighted by Crippen LogP contribution is 2.40. The second-order valence-corrected chi connectivity index (χ2v) is 7.08. The van der Waals surface area contributed by atoms with Crippen molar-refractivity contribution >= 4 is 0 Å². The van der Waals surface area contributed by atoms with Gasteiger partial charge in [-0.05, 0) is 48.6 Å². The molecule has 3 rings (SSSR count). The molecule has 3 nitrogen and oxygen atoms in total. The summed E-state index contributed by atoms with van der Waals surface area (Å²) in [6.45, 7) is 7.68. The molecule has 19 heavy (non-hydrogen) atoms. The number of aryl methyl sites for hydroxylation is 1. The monoisotopic (exact) mass is 262 g/mol. The van der Waals surface area contributed by atoms with Crippen LogP contribution >= 0.6 is 0 Å². The molecule has 0 aromatic carbocycles. The van der Waals surface area contributed by atoms with E-state index in [1.165, 1.54) is 24.1 Å². The Balaban J connectivity index is 1.73. The molecule has 1 aliphatic carbocycles. The number of hydrogen-bond donors (Lipinski definition) is 1. The van der Waals surface area contributed by atoms with Crippen LogP contribution in [0.3, 0.4) is 0 Å². The van der Waals surface area contributed by atoms with E-state index in [1.807, 2.05) is 0 Å². The molecule has 2 aliphatic rings. The van der Waals surface area contributed by atoms with Crippen molar-refractivity contribution in [3.05, 3.63) is 23.5 Å². The summed E-state index contributed by atoms with van der Waals surface area (Å²) in [7, 11) is 0. The van der Waals surface area contributed by atoms with Gasteiger partial charge in [0.25, 0.3) is 0 Å². The van der Waals surface area contributed by atoms with Gasteiger partial charge in [-0.1, -0.05) is 13.8 Å². The van der Waals surface area contributed by atoms with E-state index in [9.17, 15) is 0 Å². The molecule has 1 saturated heterocycles. The molecular formula is C16H26N2O. The lowest BCUT2D eigenvalue weighted by Gasteiger charge is -2.34. The summed E-state index contributed by atoms with van der Waals surface area (Å²) in [5, 5.41) is 0. The first-order chi connectivity index (χ1) is 9.05. The smallest absolute Gasteiger partial charge is 0.0495 e. The molecule has 1 aromatic rings. The van der Waals surface area contributed by atoms with Gasteiger partial charge < -0.3 is 15.0 Å². The van der Waals surface area contributed by atoms with Crippen LogP contribution in [-0.4, -0.2) is 17.8 Å². The van der Waals surface area contributed by atoms with Crippen molar-refractivity contribution in [3.8, 4) is 0 Å². The number of nitrogens with two attached hydrogens (primary N) is 1. The van der Waals surface area contributed by atoms with Gasteiger partial charge in [-0.25, -0.2) is 0 Å². The molecule has 0 saturated carbocycles. The summed E-state index contributed by atoms with van der Waals surface area (Å²) in [6, 6.07) is 2.45. The Morgan fingerprint density at radius 3 is 3.05 bits per heavy atom. The highest BCUT2D eigenvalue weighted by atomic mass is 16.5. The average molecular weight is 262 g/mol. The maximum atomic E-state index is 6.32. The maximum absolute atomic E-state index is 6.32. The molecular weight excluding hydrogens is 236 g/mol. The van der Waals surface area contributed by atoms with Gasteiger partial charge in [-0.2, -0.15) is 0 Å². The van der Waals surface area contributed by atoms with E-state index in [0.717, 1.165) is 38.5 Å². The fourth-order valence-electron chi connectivity index (χ4n) is 3.64. The second kappa shape index (κ2) is 4.95. The molecule has 2 heterocycles. The van der Waals surface area contributed by atoms with Gasteiger partial charge >= 0.3 is 0 Å². The van der Waals surface area contributed by atoms with Gasteiger partial charge in [0.1, 0.15) is 0 Å². The van der Waals surface area contributed by atoms with Crippen molar-refractivity contribution in [2.24, 2.45) is 17.1 Å². The van der Waals surface area contributed by atoms with Gasteiger partial charge in [0.15, 0.2) is 0 Å². The number of ether oxygens (including phenoxy) is 1. The van der Waals surface area contributed by atoms with Crippen molar-refractivity contribution in [2.45, 2.75) is 52.1 Å². The standard InChI is InChI=1S/C16H26N2O/c1-16(2)9-14(17)13-4-7-18(15(13)10-16)6-3-12-5-8-19-11-12/h4,7,12,14H,3,5-6,8-11,17H2,1-2H3. The third-order valence-electron chi connectivity index (χ3n) is 4.73. The SMILES string of the molecule is CC1(C)Cc2c(ccn2CCC2CCOC2)C(N)C1. The van der Waals surface area contributed by atoms with E-state index in [0.29, 0.717) is 5.41 Å². The number of aromatic nitrogens is 1. The predicted molar refractivity (Wildman–Crippen MR) is 77.0 cm³/mol. The minimum atomic E-state index is 0.217. The predicted octanol–water partition coefficient (Wildman–Crippen LogP) is 2.89. The zero-order valence-electron chi connectivity index (χ0n) is 12.2. The largest absolute Gasteiger partial charge is 0.381 e. The molecule has 0 amide bonds. The summed E-state index contributed by atoms with van der Waals surface area (Å²) in [4.78, 5) is 0. The molecule has 0 spiro atoms. The summed E-state index contributed by atoms with van der Waals surface area (Å²) in [5.41, 5.74) is 9.50. The Bertz CT molecular complexity index is 444. The number of fused-ring (bicyclic) bond motifs is 1. The Labute approximate surface area is 116 Å². The van der Waals surface area contributed by atoms with Crippen molar-refractivity contribution in [3.63, 3.8) is 0 Å². The van der Waals surface area contributed by atoms with E-state index in [4.69, 9.17) is 10.5 Å². The third-order valence-corrected chi connectivity index (χ3v) is 4.73. The molecule has 1 fully saturated rings. The van der Waals surface area contributed by atoms with Gasteiger partial charge in [0.2, 0.25) is 0 Å². The minimum absolute atomic E-state index is 0.217. The number of nitrogens with zero attached hydrogens (tertiary/aromatic N) is 1. The van der Waals surface area contributed by atoms with Crippen LogP contribution in [0, 0.1) is 11.3 Å². The molecule has 2 atom stereocenters. The van der Waals surface area contributed by atoms with Gasteiger partial charge in [0.05, 0.1) is 0 Å². The average Bonchev–Trinajstić information content (AvgIpc) is 2.93. The third kappa shape index (κ3) is 2.72. The lowest BCUT2D eigenvalue weighted by Crippen LogP contribution is -2.30. The zero-order valence-corrected chi connectivity index (χ0v) is 12.2. The molecule has 2 N–H and O–H groups in total. The highest BCUT2D eigenvalue weighted by Gasteiger charge is 2.32. The van der Waals surface area contributed by atoms with Crippen molar-refractivity contribution in [1.29, 1.82) is 0 Å². The second-order valence-electron chi connectivity index (χ2n) is 7.08. The van der Waals surface area contributed by atoms with Crippen LogP contribution in [0.2, 0.25) is 0 Å². The first-order valence-corrected chi connectivity index (χ1v) is 7.56. The fraction of sp³-hybridized carbons (Fsp3) is 0.750. The van der Waals surface area contributed by atoms with Gasteiger partial charge in [-0.15, -0.1) is 0 Å². The summed E-state index contributed by atoms with van der Waals surface area (Å²) < 4.78 is 7.90. The summed E-state index contributed by atoms with van der Waals surface area (Å²) in [5.74, 6) is 0.753. The quantitative estimate of drug-likeness (QED) is 0.910. The van der Waals surface area contributed by atoms with E-state index >= 15 is 0 Å². The van der Waals surface area contributed by atoms with Crippen LogP contribution in [0.1, 0.15) is 50.4 Å². The molecule has 1 aliphatic heterocycles. The fourth-order valence-corrected chi connectivity index (χ4v) is 3.64. The number of rotatable bonds is 3. The van der Waals surface area contributed by atoms with E-state index in [2.05, 4.69) is 30.7 Å². The first kappa shape index (κ1) is 13.2. The molecule has 2 unspecified atom stereocenters. The first-order valence-electron chi connectivity index (χ1n) is 7.56. The lowest BCUT2D eigenvalue weighted by molar-refractivity contribution is 0.183. The van der Waals surface area contributed by atoms with Crippen molar-refractivity contribution < 1.29 is 4.74 Å². The van der Waals surface area contributed by atoms with E-state index < -0.39 is 0 Å². The van der Waals surface area contributed by atoms with Crippen molar-refractivity contribution in [2.75, 3.05) is 13.2 Å². The van der Waals surface area contributed by atoms with Crippen LogP contribution in [0.5, 0.6) is 0 Å². The molecule has 1 aromatic heterocycles. The minimum Gasteiger partial charge on any atom is -0.381 e. The Kier molecular flexibility index (Phi) is 3.44. The van der Waals surface area contributed by atoms with Crippen LogP contribution in [0.25, 0.3) is 0 Å². The Morgan fingerprint density at radius 1 is 1.47 bits per heavy atom.